The number of aryl methyl sites for hydroxylation is 1. The van der Waals surface area contributed by atoms with Gasteiger partial charge in [0.15, 0.2) is 5.82 Å². The number of aromatic nitrogens is 4. The maximum absolute atomic E-state index is 5.22. The van der Waals surface area contributed by atoms with Crippen LogP contribution in [0.5, 0.6) is 0 Å². The van der Waals surface area contributed by atoms with E-state index < -0.39 is 0 Å². The summed E-state index contributed by atoms with van der Waals surface area (Å²) in [4.78, 5) is 20.4. The van der Waals surface area contributed by atoms with E-state index in [1.165, 1.54) is 16.7 Å². The lowest BCUT2D eigenvalue weighted by Crippen LogP contribution is -1.96. The summed E-state index contributed by atoms with van der Waals surface area (Å²) in [5.74, 6) is 0.702. The molecule has 0 unspecified atom stereocenters. The van der Waals surface area contributed by atoms with Crippen molar-refractivity contribution in [2.24, 2.45) is 0 Å². The van der Waals surface area contributed by atoms with E-state index in [0.29, 0.717) is 5.82 Å². The van der Waals surface area contributed by atoms with E-state index in [4.69, 9.17) is 19.9 Å². The Morgan fingerprint density at radius 3 is 1.19 bits per heavy atom. The highest BCUT2D eigenvalue weighted by Gasteiger charge is 2.14. The Morgan fingerprint density at radius 2 is 0.667 bits per heavy atom. The fraction of sp³-hybridized carbons (Fsp3) is 0.0189. The Balaban J connectivity index is 0.956. The molecule has 268 valence electrons. The van der Waals surface area contributed by atoms with Crippen molar-refractivity contribution in [1.82, 2.24) is 19.9 Å². The van der Waals surface area contributed by atoms with E-state index in [-0.39, 0.29) is 0 Å². The van der Waals surface area contributed by atoms with Crippen LogP contribution < -0.4 is 0 Å². The smallest absolute Gasteiger partial charge is 0.160 e. The van der Waals surface area contributed by atoms with Gasteiger partial charge in [0.25, 0.3) is 0 Å². The first-order chi connectivity index (χ1) is 28.1. The number of hydrogen-bond acceptors (Lipinski definition) is 4. The third-order valence-corrected chi connectivity index (χ3v) is 10.7. The summed E-state index contributed by atoms with van der Waals surface area (Å²) in [5, 5.41) is 2.20. The van der Waals surface area contributed by atoms with Crippen LogP contribution in [0.4, 0.5) is 0 Å². The molecule has 0 spiro atoms. The second kappa shape index (κ2) is 14.6. The van der Waals surface area contributed by atoms with Gasteiger partial charge in [-0.15, -0.1) is 0 Å². The minimum absolute atomic E-state index is 0.702. The van der Waals surface area contributed by atoms with Crippen LogP contribution in [-0.4, -0.2) is 19.9 Å². The van der Waals surface area contributed by atoms with Crippen LogP contribution >= 0.6 is 0 Å². The zero-order valence-electron chi connectivity index (χ0n) is 31.3. The van der Waals surface area contributed by atoms with Crippen LogP contribution in [0.3, 0.4) is 0 Å². The molecule has 3 heterocycles. The summed E-state index contributed by atoms with van der Waals surface area (Å²) < 4.78 is 0. The molecule has 4 nitrogen and oxygen atoms in total. The molecule has 0 fully saturated rings. The lowest BCUT2D eigenvalue weighted by atomic mass is 9.98. The molecule has 0 aliphatic carbocycles. The Bertz CT molecular complexity index is 3020. The van der Waals surface area contributed by atoms with Gasteiger partial charge in [-0.1, -0.05) is 182 Å². The second-order valence-corrected chi connectivity index (χ2v) is 14.3. The number of pyridine rings is 2. The highest BCUT2D eigenvalue weighted by Crippen LogP contribution is 2.34. The normalized spacial score (nSPS) is 11.2. The van der Waals surface area contributed by atoms with Crippen molar-refractivity contribution < 1.29 is 0 Å². The second-order valence-electron chi connectivity index (χ2n) is 14.3. The summed E-state index contributed by atoms with van der Waals surface area (Å²) in [5.41, 5.74) is 16.5. The summed E-state index contributed by atoms with van der Waals surface area (Å²) >= 11 is 0. The Morgan fingerprint density at radius 1 is 0.281 bits per heavy atom. The van der Waals surface area contributed by atoms with Crippen LogP contribution in [0.1, 0.15) is 5.56 Å². The SMILES string of the molecule is Cc1cc(-c2ccc(-c3ccc(-c4cc(-c5ccc(-c6ccccc6)cc5)nc(-c5ccccc5)n4)cc3)cc2)nc2c1ccc1ccc(-c3ccccc3)nc12. The van der Waals surface area contributed by atoms with E-state index in [1.807, 2.05) is 42.5 Å². The molecule has 0 aliphatic heterocycles. The molecule has 0 radical (unpaired) electrons. The van der Waals surface area contributed by atoms with Crippen molar-refractivity contribution in [3.63, 3.8) is 0 Å². The Kier molecular flexibility index (Phi) is 8.69. The van der Waals surface area contributed by atoms with Crippen LogP contribution in [0, 0.1) is 6.92 Å². The van der Waals surface area contributed by atoms with Crippen LogP contribution in [0.25, 0.3) is 100 Å². The van der Waals surface area contributed by atoms with Gasteiger partial charge in [0.1, 0.15) is 0 Å². The number of nitrogens with zero attached hydrogens (tertiary/aromatic N) is 4. The fourth-order valence-electron chi connectivity index (χ4n) is 7.55. The quantitative estimate of drug-likeness (QED) is 0.153. The highest BCUT2D eigenvalue weighted by molar-refractivity contribution is 6.05. The van der Waals surface area contributed by atoms with Gasteiger partial charge in [0.2, 0.25) is 0 Å². The molecule has 0 saturated heterocycles. The van der Waals surface area contributed by atoms with Gasteiger partial charge in [-0.2, -0.15) is 0 Å². The molecule has 0 N–H and O–H groups in total. The lowest BCUT2D eigenvalue weighted by Gasteiger charge is -2.12. The van der Waals surface area contributed by atoms with E-state index in [0.717, 1.165) is 83.5 Å². The summed E-state index contributed by atoms with van der Waals surface area (Å²) in [6, 6.07) is 69.7. The molecule has 4 heteroatoms. The maximum atomic E-state index is 5.22. The maximum Gasteiger partial charge on any atom is 0.160 e. The Labute approximate surface area is 331 Å². The van der Waals surface area contributed by atoms with E-state index >= 15 is 0 Å². The molecule has 0 amide bonds. The fourth-order valence-corrected chi connectivity index (χ4v) is 7.55. The minimum Gasteiger partial charge on any atom is -0.245 e. The van der Waals surface area contributed by atoms with Crippen molar-refractivity contribution in [3.05, 3.63) is 206 Å². The first-order valence-electron chi connectivity index (χ1n) is 19.2. The van der Waals surface area contributed by atoms with Gasteiger partial charge in [-0.25, -0.2) is 19.9 Å². The van der Waals surface area contributed by atoms with Crippen LogP contribution in [0.15, 0.2) is 200 Å². The minimum atomic E-state index is 0.702. The predicted molar refractivity (Wildman–Crippen MR) is 235 cm³/mol. The molecule has 0 saturated carbocycles. The number of rotatable bonds is 7. The summed E-state index contributed by atoms with van der Waals surface area (Å²) in [6.07, 6.45) is 0. The highest BCUT2D eigenvalue weighted by atomic mass is 14.9. The molecule has 10 rings (SSSR count). The molecule has 3 aromatic heterocycles. The van der Waals surface area contributed by atoms with E-state index in [9.17, 15) is 0 Å². The average molecular weight is 729 g/mol. The zero-order chi connectivity index (χ0) is 38.1. The van der Waals surface area contributed by atoms with Crippen molar-refractivity contribution in [1.29, 1.82) is 0 Å². The molecule has 0 atom stereocenters. The first-order valence-corrected chi connectivity index (χ1v) is 19.2. The van der Waals surface area contributed by atoms with E-state index in [1.54, 1.807) is 0 Å². The standard InChI is InChI=1S/C53H36N4/c1-35-33-48(55-52-46(35)31-29-44-30-32-47(54-51(44)52)40-13-7-3-8-14-40)41-23-19-38(20-24-41)39-21-27-43(28-22-39)50-34-49(56-53(57-50)45-15-9-4-10-16-45)42-25-17-37(18-26-42)36-11-5-2-6-12-36/h2-34H,1H3. The average Bonchev–Trinajstić information content (AvgIpc) is 3.29. The summed E-state index contributed by atoms with van der Waals surface area (Å²) in [6.45, 7) is 2.15. The predicted octanol–water partition coefficient (Wildman–Crippen LogP) is 13.6. The van der Waals surface area contributed by atoms with E-state index in [2.05, 4.69) is 165 Å². The van der Waals surface area contributed by atoms with Gasteiger partial charge in [-0.05, 0) is 52.9 Å². The van der Waals surface area contributed by atoms with Crippen molar-refractivity contribution >= 4 is 21.8 Å². The van der Waals surface area contributed by atoms with Gasteiger partial charge in [-0.3, -0.25) is 0 Å². The molecule has 10 aromatic rings. The topological polar surface area (TPSA) is 51.6 Å². The number of fused-ring (bicyclic) bond motifs is 3. The molecular formula is C53H36N4. The largest absolute Gasteiger partial charge is 0.245 e. The lowest BCUT2D eigenvalue weighted by molar-refractivity contribution is 1.18. The third-order valence-electron chi connectivity index (χ3n) is 10.7. The number of hydrogen-bond donors (Lipinski definition) is 0. The first kappa shape index (κ1) is 34.0. The third kappa shape index (κ3) is 6.75. The molecule has 7 aromatic carbocycles. The molecule has 0 bridgehead atoms. The van der Waals surface area contributed by atoms with Crippen LogP contribution in [-0.2, 0) is 0 Å². The molecule has 0 aliphatic rings. The summed E-state index contributed by atoms with van der Waals surface area (Å²) in [7, 11) is 0. The van der Waals surface area contributed by atoms with Gasteiger partial charge in [0.05, 0.1) is 33.8 Å². The number of benzene rings is 7. The van der Waals surface area contributed by atoms with Crippen molar-refractivity contribution in [3.8, 4) is 78.7 Å². The van der Waals surface area contributed by atoms with Gasteiger partial charge in [0, 0.05) is 38.6 Å². The van der Waals surface area contributed by atoms with Gasteiger partial charge >= 0.3 is 0 Å². The molecule has 57 heavy (non-hydrogen) atoms. The van der Waals surface area contributed by atoms with Crippen LogP contribution in [0.2, 0.25) is 0 Å². The van der Waals surface area contributed by atoms with Crippen molar-refractivity contribution in [2.45, 2.75) is 6.92 Å². The molecular weight excluding hydrogens is 693 g/mol. The monoisotopic (exact) mass is 728 g/mol. The Hall–Kier alpha value is -7.56. The zero-order valence-corrected chi connectivity index (χ0v) is 31.3. The van der Waals surface area contributed by atoms with Crippen molar-refractivity contribution in [2.75, 3.05) is 0 Å². The van der Waals surface area contributed by atoms with Gasteiger partial charge < -0.3 is 0 Å².